The lowest BCUT2D eigenvalue weighted by atomic mass is 9.83. The predicted octanol–water partition coefficient (Wildman–Crippen LogP) is -0.176. The van der Waals surface area contributed by atoms with E-state index in [9.17, 15) is 14.7 Å². The van der Waals surface area contributed by atoms with E-state index >= 15 is 0 Å². The van der Waals surface area contributed by atoms with E-state index in [4.69, 9.17) is 5.11 Å². The number of carbonyl (C=O) groups is 2. The first-order valence-corrected chi connectivity index (χ1v) is 5.06. The van der Waals surface area contributed by atoms with Crippen LogP contribution in [0.3, 0.4) is 0 Å². The standard InChI is InChI=1S/C9H11NO4S/c1-3(11)6-4-2-5(15)7(9(13)14)10(4)8(6)12/h3-4,6,11,15H,2H2,1H3,(H,13,14)/t3-,4-,6-/m1/s1. The SMILES string of the molecule is C[C@@H](O)[C@H]1C(=O)N2C(C(=O)O)=C(S)C[C@H]12. The lowest BCUT2D eigenvalue weighted by molar-refractivity contribution is -0.161. The summed E-state index contributed by atoms with van der Waals surface area (Å²) in [5, 5.41) is 18.2. The number of carboxylic acids is 1. The first-order valence-electron chi connectivity index (χ1n) is 4.61. The molecule has 0 aromatic rings. The summed E-state index contributed by atoms with van der Waals surface area (Å²) >= 11 is 4.06. The molecule has 0 radical (unpaired) electrons. The van der Waals surface area contributed by atoms with Gasteiger partial charge in [-0.2, -0.15) is 0 Å². The number of hydrogen-bond donors (Lipinski definition) is 3. The third-order valence-electron chi connectivity index (χ3n) is 2.91. The molecule has 2 N–H and O–H groups in total. The Bertz CT molecular complexity index is 376. The summed E-state index contributed by atoms with van der Waals surface area (Å²) in [5.41, 5.74) is -0.0368. The average molecular weight is 229 g/mol. The van der Waals surface area contributed by atoms with Crippen LogP contribution in [0.2, 0.25) is 0 Å². The number of aliphatic hydroxyl groups is 1. The fourth-order valence-electron chi connectivity index (χ4n) is 2.25. The highest BCUT2D eigenvalue weighted by atomic mass is 32.1. The van der Waals surface area contributed by atoms with Crippen molar-refractivity contribution < 1.29 is 19.8 Å². The predicted molar refractivity (Wildman–Crippen MR) is 54.1 cm³/mol. The number of carboxylic acid groups (broad SMARTS) is 1. The maximum absolute atomic E-state index is 11.6. The number of aliphatic hydroxyl groups excluding tert-OH is 1. The monoisotopic (exact) mass is 229 g/mol. The average Bonchev–Trinajstić information content (AvgIpc) is 2.38. The highest BCUT2D eigenvalue weighted by Gasteiger charge is 2.56. The lowest BCUT2D eigenvalue weighted by Gasteiger charge is -2.44. The van der Waals surface area contributed by atoms with Crippen molar-refractivity contribution in [1.82, 2.24) is 4.90 Å². The molecule has 82 valence electrons. The second kappa shape index (κ2) is 3.24. The molecule has 15 heavy (non-hydrogen) atoms. The molecule has 0 saturated carbocycles. The van der Waals surface area contributed by atoms with Crippen LogP contribution in [-0.4, -0.2) is 39.1 Å². The van der Waals surface area contributed by atoms with Crippen LogP contribution < -0.4 is 0 Å². The second-order valence-corrected chi connectivity index (χ2v) is 4.39. The van der Waals surface area contributed by atoms with E-state index < -0.39 is 18.0 Å². The molecule has 0 bridgehead atoms. The van der Waals surface area contributed by atoms with Crippen LogP contribution in [0.5, 0.6) is 0 Å². The van der Waals surface area contributed by atoms with Gasteiger partial charge in [-0.1, -0.05) is 0 Å². The lowest BCUT2D eigenvalue weighted by Crippen LogP contribution is -2.61. The molecular formula is C9H11NO4S. The molecule has 0 aromatic heterocycles. The van der Waals surface area contributed by atoms with E-state index in [1.807, 2.05) is 0 Å². The Morgan fingerprint density at radius 3 is 2.73 bits per heavy atom. The number of nitrogens with zero attached hydrogens (tertiary/aromatic N) is 1. The fourth-order valence-corrected chi connectivity index (χ4v) is 2.64. The first-order chi connectivity index (χ1) is 6.95. The third kappa shape index (κ3) is 1.28. The minimum atomic E-state index is -1.14. The maximum Gasteiger partial charge on any atom is 0.353 e. The summed E-state index contributed by atoms with van der Waals surface area (Å²) in [5.74, 6) is -1.94. The van der Waals surface area contributed by atoms with E-state index in [-0.39, 0.29) is 17.6 Å². The maximum atomic E-state index is 11.6. The molecule has 2 aliphatic rings. The zero-order valence-corrected chi connectivity index (χ0v) is 8.94. The number of hydrogen-bond acceptors (Lipinski definition) is 4. The molecule has 1 fully saturated rings. The van der Waals surface area contributed by atoms with Gasteiger partial charge in [0.1, 0.15) is 5.70 Å². The Kier molecular flexibility index (Phi) is 2.27. The van der Waals surface area contributed by atoms with Crippen molar-refractivity contribution in [3.05, 3.63) is 10.6 Å². The van der Waals surface area contributed by atoms with E-state index in [0.29, 0.717) is 11.3 Å². The van der Waals surface area contributed by atoms with Crippen LogP contribution in [0.4, 0.5) is 0 Å². The minimum Gasteiger partial charge on any atom is -0.477 e. The van der Waals surface area contributed by atoms with E-state index in [1.54, 1.807) is 0 Å². The largest absolute Gasteiger partial charge is 0.477 e. The van der Waals surface area contributed by atoms with E-state index in [1.165, 1.54) is 11.8 Å². The molecule has 0 aliphatic carbocycles. The van der Waals surface area contributed by atoms with Gasteiger partial charge in [0, 0.05) is 11.3 Å². The zero-order valence-electron chi connectivity index (χ0n) is 8.04. The van der Waals surface area contributed by atoms with Crippen molar-refractivity contribution in [2.24, 2.45) is 5.92 Å². The van der Waals surface area contributed by atoms with E-state index in [2.05, 4.69) is 12.6 Å². The summed E-state index contributed by atoms with van der Waals surface area (Å²) in [4.78, 5) is 24.1. The van der Waals surface area contributed by atoms with Crippen molar-refractivity contribution in [2.45, 2.75) is 25.5 Å². The Hall–Kier alpha value is -1.01. The molecule has 5 nitrogen and oxygen atoms in total. The molecule has 2 aliphatic heterocycles. The molecule has 3 atom stereocenters. The van der Waals surface area contributed by atoms with Crippen molar-refractivity contribution >= 4 is 24.5 Å². The molecular weight excluding hydrogens is 218 g/mol. The smallest absolute Gasteiger partial charge is 0.353 e. The molecule has 6 heteroatoms. The van der Waals surface area contributed by atoms with Crippen LogP contribution in [-0.2, 0) is 9.59 Å². The van der Waals surface area contributed by atoms with Gasteiger partial charge in [0.05, 0.1) is 18.1 Å². The molecule has 1 saturated heterocycles. The second-order valence-electron chi connectivity index (χ2n) is 3.85. The van der Waals surface area contributed by atoms with Crippen molar-refractivity contribution in [3.63, 3.8) is 0 Å². The van der Waals surface area contributed by atoms with Gasteiger partial charge in [-0.25, -0.2) is 4.79 Å². The summed E-state index contributed by atoms with van der Waals surface area (Å²) in [6, 6.07) is -0.226. The summed E-state index contributed by atoms with van der Waals surface area (Å²) in [6.07, 6.45) is -0.320. The quantitative estimate of drug-likeness (QED) is 0.453. The normalized spacial score (nSPS) is 31.4. The van der Waals surface area contributed by atoms with Gasteiger partial charge in [-0.05, 0) is 6.92 Å². The molecule has 0 unspecified atom stereocenters. The highest BCUT2D eigenvalue weighted by molar-refractivity contribution is 7.84. The van der Waals surface area contributed by atoms with Gasteiger partial charge in [0.25, 0.3) is 0 Å². The number of amides is 1. The van der Waals surface area contributed by atoms with Gasteiger partial charge in [0.15, 0.2) is 0 Å². The summed E-state index contributed by atoms with van der Waals surface area (Å²) in [7, 11) is 0. The fraction of sp³-hybridized carbons (Fsp3) is 0.556. The number of rotatable bonds is 2. The highest BCUT2D eigenvalue weighted by Crippen LogP contribution is 2.44. The van der Waals surface area contributed by atoms with Crippen LogP contribution in [0.25, 0.3) is 0 Å². The Labute approximate surface area is 91.8 Å². The van der Waals surface area contributed by atoms with Crippen LogP contribution >= 0.6 is 12.6 Å². The Morgan fingerprint density at radius 1 is 1.67 bits per heavy atom. The topological polar surface area (TPSA) is 77.8 Å². The number of aliphatic carboxylic acids is 1. The molecule has 0 spiro atoms. The zero-order chi connectivity index (χ0) is 11.3. The number of carbonyl (C=O) groups excluding carboxylic acids is 1. The van der Waals surface area contributed by atoms with Gasteiger partial charge in [-0.15, -0.1) is 12.6 Å². The van der Waals surface area contributed by atoms with Gasteiger partial charge < -0.3 is 15.1 Å². The molecule has 2 rings (SSSR count). The number of β-lactam (4-membered cyclic amide) rings is 1. The van der Waals surface area contributed by atoms with Crippen LogP contribution in [0.15, 0.2) is 10.6 Å². The van der Waals surface area contributed by atoms with Gasteiger partial charge >= 0.3 is 5.97 Å². The summed E-state index contributed by atoms with van der Waals surface area (Å²) < 4.78 is 0. The van der Waals surface area contributed by atoms with Crippen molar-refractivity contribution in [1.29, 1.82) is 0 Å². The molecule has 1 amide bonds. The third-order valence-corrected chi connectivity index (χ3v) is 3.30. The van der Waals surface area contributed by atoms with Crippen molar-refractivity contribution in [2.75, 3.05) is 0 Å². The van der Waals surface area contributed by atoms with Crippen LogP contribution in [0.1, 0.15) is 13.3 Å². The Balaban J connectivity index is 2.27. The Morgan fingerprint density at radius 2 is 2.27 bits per heavy atom. The first kappa shape index (κ1) is 10.5. The summed E-state index contributed by atoms with van der Waals surface area (Å²) in [6.45, 7) is 1.54. The van der Waals surface area contributed by atoms with Crippen molar-refractivity contribution in [3.8, 4) is 0 Å². The molecule has 2 heterocycles. The number of thiol groups is 1. The van der Waals surface area contributed by atoms with E-state index in [0.717, 1.165) is 0 Å². The number of fused-ring (bicyclic) bond motifs is 1. The van der Waals surface area contributed by atoms with Gasteiger partial charge in [0.2, 0.25) is 5.91 Å². The minimum absolute atomic E-state index is 0.0368. The van der Waals surface area contributed by atoms with Crippen LogP contribution in [0, 0.1) is 5.92 Å². The van der Waals surface area contributed by atoms with Gasteiger partial charge in [-0.3, -0.25) is 4.79 Å². The molecule has 0 aromatic carbocycles.